The van der Waals surface area contributed by atoms with Crippen LogP contribution in [0.3, 0.4) is 0 Å². The van der Waals surface area contributed by atoms with Crippen LogP contribution in [-0.2, 0) is 18.5 Å². The second-order valence-electron chi connectivity index (χ2n) is 3.48. The Balaban J connectivity index is 2.52. The average Bonchev–Trinajstić information content (AvgIpc) is 2.46. The number of nitrogens with one attached hydrogen (secondary N) is 1. The van der Waals surface area contributed by atoms with Crippen LogP contribution in [0.5, 0.6) is 0 Å². The number of rotatable bonds is 0. The van der Waals surface area contributed by atoms with Crippen molar-refractivity contribution in [1.29, 1.82) is 0 Å². The van der Waals surface area contributed by atoms with Crippen molar-refractivity contribution in [2.75, 3.05) is 0 Å². The zero-order valence-electron chi connectivity index (χ0n) is 7.46. The van der Waals surface area contributed by atoms with E-state index in [0.717, 1.165) is 0 Å². The van der Waals surface area contributed by atoms with E-state index in [1.165, 1.54) is 0 Å². The van der Waals surface area contributed by atoms with Gasteiger partial charge in [-0.25, -0.2) is 0 Å². The molecule has 1 heterocycles. The highest BCUT2D eigenvalue weighted by Crippen LogP contribution is 2.43. The fourth-order valence-electron chi connectivity index (χ4n) is 1.76. The van der Waals surface area contributed by atoms with Crippen molar-refractivity contribution in [2.45, 2.75) is 31.4 Å². The first-order valence-electron chi connectivity index (χ1n) is 4.35. The van der Waals surface area contributed by atoms with Crippen molar-refractivity contribution in [2.24, 2.45) is 0 Å². The van der Waals surface area contributed by atoms with Gasteiger partial charge in [-0.2, -0.15) is 27.1 Å². The van der Waals surface area contributed by atoms with E-state index in [4.69, 9.17) is 0 Å². The van der Waals surface area contributed by atoms with Crippen molar-refractivity contribution in [1.82, 2.24) is 10.2 Å². The molecule has 84 valence electrons. The minimum absolute atomic E-state index is 0.00370. The number of alkyl halides is 5. The van der Waals surface area contributed by atoms with Crippen LogP contribution in [0.1, 0.15) is 29.8 Å². The molecule has 0 radical (unpaired) electrons. The summed E-state index contributed by atoms with van der Waals surface area (Å²) in [5, 5.41) is 4.74. The summed E-state index contributed by atoms with van der Waals surface area (Å²) in [7, 11) is 0. The summed E-state index contributed by atoms with van der Waals surface area (Å²) in [5.74, 6) is -3.22. The van der Waals surface area contributed by atoms with E-state index in [1.54, 1.807) is 5.10 Å². The molecule has 0 fully saturated rings. The summed E-state index contributed by atoms with van der Waals surface area (Å²) in [6, 6.07) is 0. The highest BCUT2D eigenvalue weighted by molar-refractivity contribution is 5.32. The molecule has 2 nitrogen and oxygen atoms in total. The molecular formula is C8H7F5N2. The number of hydrogen-bond donors (Lipinski definition) is 1. The van der Waals surface area contributed by atoms with Gasteiger partial charge in [0.15, 0.2) is 5.69 Å². The molecule has 0 spiro atoms. The first kappa shape index (κ1) is 10.4. The third-order valence-electron chi connectivity index (χ3n) is 2.42. The molecule has 0 aromatic carbocycles. The monoisotopic (exact) mass is 226 g/mol. The van der Waals surface area contributed by atoms with Gasteiger partial charge in [-0.15, -0.1) is 0 Å². The molecule has 15 heavy (non-hydrogen) atoms. The van der Waals surface area contributed by atoms with Crippen LogP contribution in [0.25, 0.3) is 0 Å². The van der Waals surface area contributed by atoms with E-state index in [1.807, 2.05) is 0 Å². The van der Waals surface area contributed by atoms with Crippen LogP contribution >= 0.6 is 0 Å². The molecular weight excluding hydrogens is 219 g/mol. The minimum Gasteiger partial charge on any atom is -0.276 e. The third kappa shape index (κ3) is 1.59. The number of halogens is 5. The maximum absolute atomic E-state index is 13.2. The first-order chi connectivity index (χ1) is 6.82. The van der Waals surface area contributed by atoms with E-state index in [-0.39, 0.29) is 12.8 Å². The number of fused-ring (bicyclic) bond motifs is 1. The molecule has 1 aromatic heterocycles. The van der Waals surface area contributed by atoms with Crippen LogP contribution in [0.2, 0.25) is 0 Å². The fourth-order valence-corrected chi connectivity index (χ4v) is 1.76. The minimum atomic E-state index is -4.67. The SMILES string of the molecule is FC(F)(F)c1n[nH]c2c1CCCC2(F)F. The molecule has 0 amide bonds. The highest BCUT2D eigenvalue weighted by Gasteiger charge is 2.45. The second-order valence-corrected chi connectivity index (χ2v) is 3.48. The quantitative estimate of drug-likeness (QED) is 0.677. The van der Waals surface area contributed by atoms with E-state index < -0.39 is 35.5 Å². The summed E-state index contributed by atoms with van der Waals surface area (Å²) >= 11 is 0. The Kier molecular flexibility index (Phi) is 2.03. The lowest BCUT2D eigenvalue weighted by Gasteiger charge is -2.21. The molecule has 0 saturated carbocycles. The normalized spacial score (nSPS) is 20.1. The lowest BCUT2D eigenvalue weighted by atomic mass is 9.93. The maximum Gasteiger partial charge on any atom is 0.435 e. The van der Waals surface area contributed by atoms with Crippen molar-refractivity contribution < 1.29 is 22.0 Å². The van der Waals surface area contributed by atoms with Gasteiger partial charge in [-0.3, -0.25) is 5.10 Å². The van der Waals surface area contributed by atoms with Gasteiger partial charge in [-0.05, 0) is 12.8 Å². The zero-order valence-corrected chi connectivity index (χ0v) is 7.46. The molecule has 1 N–H and O–H groups in total. The lowest BCUT2D eigenvalue weighted by Crippen LogP contribution is -2.22. The number of nitrogens with zero attached hydrogens (tertiary/aromatic N) is 1. The van der Waals surface area contributed by atoms with Gasteiger partial charge in [0.25, 0.3) is 5.92 Å². The number of aromatic amines is 1. The Labute approximate surface area is 81.5 Å². The summed E-state index contributed by atoms with van der Waals surface area (Å²) < 4.78 is 63.3. The largest absolute Gasteiger partial charge is 0.435 e. The topological polar surface area (TPSA) is 28.7 Å². The molecule has 1 aromatic rings. The maximum atomic E-state index is 13.2. The Morgan fingerprint density at radius 1 is 1.27 bits per heavy atom. The predicted molar refractivity (Wildman–Crippen MR) is 40.4 cm³/mol. The Morgan fingerprint density at radius 3 is 2.53 bits per heavy atom. The van der Waals surface area contributed by atoms with Gasteiger partial charge in [0.1, 0.15) is 5.69 Å². The number of H-pyrrole nitrogens is 1. The van der Waals surface area contributed by atoms with Gasteiger partial charge < -0.3 is 0 Å². The van der Waals surface area contributed by atoms with Crippen molar-refractivity contribution in [3.8, 4) is 0 Å². The van der Waals surface area contributed by atoms with Crippen LogP contribution < -0.4 is 0 Å². The van der Waals surface area contributed by atoms with Gasteiger partial charge in [0.2, 0.25) is 0 Å². The summed E-state index contributed by atoms with van der Waals surface area (Å²) in [4.78, 5) is 0. The average molecular weight is 226 g/mol. The van der Waals surface area contributed by atoms with E-state index in [9.17, 15) is 22.0 Å². The zero-order chi connectivity index (χ0) is 11.3. The lowest BCUT2D eigenvalue weighted by molar-refractivity contribution is -0.142. The molecule has 1 aliphatic carbocycles. The molecule has 0 unspecified atom stereocenters. The van der Waals surface area contributed by atoms with Gasteiger partial charge in [0, 0.05) is 12.0 Å². The summed E-state index contributed by atoms with van der Waals surface area (Å²) in [5.41, 5.74) is -2.28. The molecule has 2 rings (SSSR count). The number of hydrogen-bond acceptors (Lipinski definition) is 1. The predicted octanol–water partition coefficient (Wildman–Crippen LogP) is 2.86. The Morgan fingerprint density at radius 2 is 1.93 bits per heavy atom. The van der Waals surface area contributed by atoms with Crippen molar-refractivity contribution in [3.05, 3.63) is 17.0 Å². The standard InChI is InChI=1S/C8H7F5N2/c9-7(10)3-1-2-4-5(7)14-15-6(4)8(11,12)13/h1-3H2,(H,14,15). The van der Waals surface area contributed by atoms with Crippen LogP contribution in [-0.4, -0.2) is 10.2 Å². The third-order valence-corrected chi connectivity index (χ3v) is 2.42. The van der Waals surface area contributed by atoms with E-state index >= 15 is 0 Å². The molecule has 0 atom stereocenters. The van der Waals surface area contributed by atoms with Crippen molar-refractivity contribution in [3.63, 3.8) is 0 Å². The Hall–Kier alpha value is -1.14. The first-order valence-corrected chi connectivity index (χ1v) is 4.35. The Bertz CT molecular complexity index is 365. The molecule has 0 saturated heterocycles. The number of aromatic nitrogens is 2. The smallest absolute Gasteiger partial charge is 0.276 e. The van der Waals surface area contributed by atoms with E-state index in [0.29, 0.717) is 0 Å². The van der Waals surface area contributed by atoms with Crippen LogP contribution in [0, 0.1) is 0 Å². The van der Waals surface area contributed by atoms with Crippen LogP contribution in [0.15, 0.2) is 0 Å². The molecule has 0 aliphatic heterocycles. The van der Waals surface area contributed by atoms with Crippen LogP contribution in [0.4, 0.5) is 22.0 Å². The van der Waals surface area contributed by atoms with Gasteiger partial charge in [-0.1, -0.05) is 0 Å². The molecule has 7 heteroatoms. The van der Waals surface area contributed by atoms with Gasteiger partial charge in [0.05, 0.1) is 0 Å². The highest BCUT2D eigenvalue weighted by atomic mass is 19.4. The van der Waals surface area contributed by atoms with E-state index in [2.05, 4.69) is 5.10 Å². The molecule has 1 aliphatic rings. The summed E-state index contributed by atoms with van der Waals surface area (Å²) in [6.07, 6.45) is -5.06. The molecule has 0 bridgehead atoms. The van der Waals surface area contributed by atoms with Crippen molar-refractivity contribution >= 4 is 0 Å². The van der Waals surface area contributed by atoms with Gasteiger partial charge >= 0.3 is 6.18 Å². The second kappa shape index (κ2) is 2.93. The fraction of sp³-hybridized carbons (Fsp3) is 0.625. The summed E-state index contributed by atoms with van der Waals surface area (Å²) in [6.45, 7) is 0.